The maximum Gasteiger partial charge on any atom is 0.414 e. The molecule has 2 aliphatic heterocycles. The van der Waals surface area contributed by atoms with Gasteiger partial charge in [-0.3, -0.25) is 14.7 Å². The molecule has 1 N–H and O–H groups in total. The van der Waals surface area contributed by atoms with Crippen molar-refractivity contribution >= 4 is 29.7 Å². The van der Waals surface area contributed by atoms with Gasteiger partial charge in [0.05, 0.1) is 36.8 Å². The van der Waals surface area contributed by atoms with E-state index in [0.717, 1.165) is 25.9 Å². The van der Waals surface area contributed by atoms with Gasteiger partial charge in [-0.05, 0) is 31.0 Å². The molecule has 2 heterocycles. The van der Waals surface area contributed by atoms with Gasteiger partial charge in [0.25, 0.3) is 0 Å². The Morgan fingerprint density at radius 3 is 2.72 bits per heavy atom. The minimum absolute atomic E-state index is 0.189. The van der Waals surface area contributed by atoms with Crippen molar-refractivity contribution < 1.29 is 18.7 Å². The third-order valence-corrected chi connectivity index (χ3v) is 5.01. The molecule has 2 saturated heterocycles. The van der Waals surface area contributed by atoms with E-state index < -0.39 is 12.2 Å². The minimum Gasteiger partial charge on any atom is -0.442 e. The zero-order valence-corrected chi connectivity index (χ0v) is 17.1. The molecule has 0 bridgehead atoms. The maximum absolute atomic E-state index is 14.8. The Labute approximate surface area is 170 Å². The Bertz CT molecular complexity index is 777. The summed E-state index contributed by atoms with van der Waals surface area (Å²) in [6.07, 6.45) is 2.58. The summed E-state index contributed by atoms with van der Waals surface area (Å²) in [4.78, 5) is 33.0. The van der Waals surface area contributed by atoms with Gasteiger partial charge in [0, 0.05) is 34.1 Å². The number of carbonyl (C=O) groups excluding carboxylic acids is 2. The zero-order chi connectivity index (χ0) is 21.0. The van der Waals surface area contributed by atoms with E-state index in [0.29, 0.717) is 11.4 Å². The number of nitrogens with one attached hydrogen (secondary N) is 1. The quantitative estimate of drug-likeness (QED) is 0.577. The summed E-state index contributed by atoms with van der Waals surface area (Å²) in [5, 5.41) is 2.63. The Hall–Kier alpha value is -2.84. The first-order valence-corrected chi connectivity index (χ1v) is 9.80. The molecule has 0 saturated carbocycles. The van der Waals surface area contributed by atoms with Crippen molar-refractivity contribution in [2.75, 3.05) is 50.1 Å². The molecule has 0 unspecified atom stereocenters. The minimum atomic E-state index is -0.535. The number of anilines is 2. The number of amides is 2. The fourth-order valence-corrected chi connectivity index (χ4v) is 3.50. The lowest BCUT2D eigenvalue weighted by Crippen LogP contribution is -2.36. The molecule has 0 aliphatic carbocycles. The van der Waals surface area contributed by atoms with Crippen LogP contribution >= 0.6 is 0 Å². The van der Waals surface area contributed by atoms with E-state index in [9.17, 15) is 14.0 Å². The van der Waals surface area contributed by atoms with Gasteiger partial charge in [-0.2, -0.15) is 0 Å². The summed E-state index contributed by atoms with van der Waals surface area (Å²) in [5.74, 6) is -0.554. The predicted molar refractivity (Wildman–Crippen MR) is 110 cm³/mol. The molecule has 0 spiro atoms. The molecule has 1 aromatic carbocycles. The molecule has 2 aliphatic rings. The monoisotopic (exact) mass is 405 g/mol. The fourth-order valence-electron chi connectivity index (χ4n) is 3.50. The van der Waals surface area contributed by atoms with Gasteiger partial charge in [-0.1, -0.05) is 0 Å². The number of hydrogen-bond donors (Lipinski definition) is 1. The number of cyclic esters (lactones) is 1. The molecule has 29 heavy (non-hydrogen) atoms. The Balaban J connectivity index is 1.61. The number of ether oxygens (including phenoxy) is 1. The van der Waals surface area contributed by atoms with Crippen molar-refractivity contribution in [2.24, 2.45) is 4.99 Å². The van der Waals surface area contributed by atoms with Crippen LogP contribution in [0.5, 0.6) is 0 Å². The van der Waals surface area contributed by atoms with Gasteiger partial charge in [-0.15, -0.1) is 0 Å². The van der Waals surface area contributed by atoms with Gasteiger partial charge in [-0.25, -0.2) is 9.18 Å². The standard InChI is InChI=1S/C20H28FN5O3/c1-14(27)22-11-17-12-26(20(28)29-17)16-4-5-19(18(21)10-16)25-8-6-15(7-9-25)23-13-24(2)3/h4-5,10,13,15,17H,6-9,11-12H2,1-3H3,(H,22,27)/t17-/m0/s1. The molecule has 0 aromatic heterocycles. The second-order valence-electron chi connectivity index (χ2n) is 7.64. The normalized spacial score (nSPS) is 20.3. The number of nitrogens with zero attached hydrogens (tertiary/aromatic N) is 4. The van der Waals surface area contributed by atoms with Crippen LogP contribution in [0.15, 0.2) is 23.2 Å². The summed E-state index contributed by atoms with van der Waals surface area (Å²) in [7, 11) is 3.88. The molecule has 3 rings (SSSR count). The second kappa shape index (κ2) is 9.11. The van der Waals surface area contributed by atoms with Gasteiger partial charge in [0.15, 0.2) is 0 Å². The summed E-state index contributed by atoms with van der Waals surface area (Å²) < 4.78 is 20.0. The first kappa shape index (κ1) is 20.9. The molecule has 2 fully saturated rings. The maximum atomic E-state index is 14.8. The molecular weight excluding hydrogens is 377 g/mol. The zero-order valence-electron chi connectivity index (χ0n) is 17.1. The molecule has 1 aromatic rings. The lowest BCUT2D eigenvalue weighted by molar-refractivity contribution is -0.119. The average Bonchev–Trinajstić information content (AvgIpc) is 3.06. The molecule has 2 amide bonds. The van der Waals surface area contributed by atoms with Gasteiger partial charge in [0.2, 0.25) is 5.91 Å². The Morgan fingerprint density at radius 2 is 2.10 bits per heavy atom. The van der Waals surface area contributed by atoms with Crippen LogP contribution in [0.4, 0.5) is 20.6 Å². The molecular formula is C20H28FN5O3. The van der Waals surface area contributed by atoms with Crippen molar-refractivity contribution in [3.63, 3.8) is 0 Å². The Morgan fingerprint density at radius 1 is 1.38 bits per heavy atom. The van der Waals surface area contributed by atoms with E-state index >= 15 is 0 Å². The number of benzene rings is 1. The highest BCUT2D eigenvalue weighted by atomic mass is 19.1. The lowest BCUT2D eigenvalue weighted by atomic mass is 10.0. The van der Waals surface area contributed by atoms with Crippen molar-refractivity contribution in [3.8, 4) is 0 Å². The van der Waals surface area contributed by atoms with Gasteiger partial charge in [0.1, 0.15) is 11.9 Å². The third-order valence-electron chi connectivity index (χ3n) is 5.01. The van der Waals surface area contributed by atoms with Crippen LogP contribution in [0.2, 0.25) is 0 Å². The average molecular weight is 405 g/mol. The van der Waals surface area contributed by atoms with Crippen LogP contribution in [0, 0.1) is 5.82 Å². The van der Waals surface area contributed by atoms with Crippen molar-refractivity contribution in [2.45, 2.75) is 31.9 Å². The van der Waals surface area contributed by atoms with Crippen LogP contribution in [0.1, 0.15) is 19.8 Å². The second-order valence-corrected chi connectivity index (χ2v) is 7.64. The predicted octanol–water partition coefficient (Wildman–Crippen LogP) is 1.85. The van der Waals surface area contributed by atoms with E-state index in [2.05, 4.69) is 10.3 Å². The van der Waals surface area contributed by atoms with Crippen LogP contribution in [0.25, 0.3) is 0 Å². The number of halogens is 1. The number of carbonyl (C=O) groups is 2. The first-order valence-electron chi connectivity index (χ1n) is 9.80. The number of rotatable bonds is 6. The topological polar surface area (TPSA) is 77.5 Å². The molecule has 158 valence electrons. The third kappa shape index (κ3) is 5.36. The summed E-state index contributed by atoms with van der Waals surface area (Å²) in [6, 6.07) is 5.07. The summed E-state index contributed by atoms with van der Waals surface area (Å²) >= 11 is 0. The largest absolute Gasteiger partial charge is 0.442 e. The summed E-state index contributed by atoms with van der Waals surface area (Å²) in [5.41, 5.74) is 0.984. The van der Waals surface area contributed by atoms with Crippen LogP contribution in [0.3, 0.4) is 0 Å². The van der Waals surface area contributed by atoms with Crippen molar-refractivity contribution in [1.29, 1.82) is 0 Å². The summed E-state index contributed by atoms with van der Waals surface area (Å²) in [6.45, 7) is 3.38. The highest BCUT2D eigenvalue weighted by molar-refractivity contribution is 5.90. The lowest BCUT2D eigenvalue weighted by Gasteiger charge is -2.32. The molecule has 8 nitrogen and oxygen atoms in total. The van der Waals surface area contributed by atoms with Gasteiger partial charge < -0.3 is 19.9 Å². The van der Waals surface area contributed by atoms with Gasteiger partial charge >= 0.3 is 6.09 Å². The SMILES string of the molecule is CC(=O)NC[C@H]1CN(c2ccc(N3CCC(N=CN(C)C)CC3)c(F)c2)C(=O)O1. The van der Waals surface area contributed by atoms with Crippen LogP contribution < -0.4 is 15.1 Å². The van der Waals surface area contributed by atoms with E-state index in [1.54, 1.807) is 12.1 Å². The highest BCUT2D eigenvalue weighted by Crippen LogP contribution is 2.29. The Kier molecular flexibility index (Phi) is 6.56. The molecule has 9 heteroatoms. The van der Waals surface area contributed by atoms with E-state index in [-0.39, 0.29) is 30.9 Å². The highest BCUT2D eigenvalue weighted by Gasteiger charge is 2.33. The fraction of sp³-hybridized carbons (Fsp3) is 0.550. The van der Waals surface area contributed by atoms with Crippen molar-refractivity contribution in [3.05, 3.63) is 24.0 Å². The van der Waals surface area contributed by atoms with Crippen LogP contribution in [-0.4, -0.2) is 75.7 Å². The van der Waals surface area contributed by atoms with Crippen LogP contribution in [-0.2, 0) is 9.53 Å². The molecule has 0 radical (unpaired) electrons. The number of piperidine rings is 1. The molecule has 1 atom stereocenters. The van der Waals surface area contributed by atoms with E-state index in [4.69, 9.17) is 4.74 Å². The van der Waals surface area contributed by atoms with Crippen molar-refractivity contribution in [1.82, 2.24) is 10.2 Å². The smallest absolute Gasteiger partial charge is 0.414 e. The first-order chi connectivity index (χ1) is 13.8. The van der Waals surface area contributed by atoms with E-state index in [1.807, 2.05) is 30.2 Å². The number of hydrogen-bond acceptors (Lipinski definition) is 5. The number of aliphatic imine (C=N–C) groups is 1. The van der Waals surface area contributed by atoms with E-state index in [1.165, 1.54) is 17.9 Å².